The average Bonchev–Trinajstić information content (AvgIpc) is 3.01. The van der Waals surface area contributed by atoms with Crippen LogP contribution < -0.4 is 4.90 Å². The number of carbonyl (C=O) groups excluding carboxylic acids is 4. The molecule has 3 aliphatic rings. The Balaban J connectivity index is 1.32. The molecule has 34 heavy (non-hydrogen) atoms. The number of benzene rings is 2. The number of imide groups is 1. The maximum atomic E-state index is 13.4. The van der Waals surface area contributed by atoms with Crippen molar-refractivity contribution in [3.63, 3.8) is 0 Å². The Labute approximate surface area is 198 Å². The lowest BCUT2D eigenvalue weighted by molar-refractivity contribution is -0.159. The quantitative estimate of drug-likeness (QED) is 0.515. The van der Waals surface area contributed by atoms with Gasteiger partial charge in [-0.05, 0) is 55.9 Å². The van der Waals surface area contributed by atoms with Crippen molar-refractivity contribution in [1.29, 1.82) is 0 Å². The second-order valence-electron chi connectivity index (χ2n) is 9.31. The lowest BCUT2D eigenvalue weighted by Crippen LogP contribution is -2.45. The number of likely N-dealkylation sites (tertiary alicyclic amines) is 1. The van der Waals surface area contributed by atoms with Crippen LogP contribution >= 0.6 is 0 Å². The van der Waals surface area contributed by atoms with E-state index in [2.05, 4.69) is 0 Å². The van der Waals surface area contributed by atoms with Gasteiger partial charge in [0.15, 0.2) is 6.61 Å². The molecule has 2 aliphatic heterocycles. The van der Waals surface area contributed by atoms with E-state index in [1.165, 1.54) is 6.92 Å². The summed E-state index contributed by atoms with van der Waals surface area (Å²) in [6, 6.07) is 14.4. The van der Waals surface area contributed by atoms with Crippen LogP contribution in [0.25, 0.3) is 0 Å². The summed E-state index contributed by atoms with van der Waals surface area (Å²) in [7, 11) is 0. The average molecular weight is 461 g/mol. The van der Waals surface area contributed by atoms with E-state index in [0.717, 1.165) is 53.1 Å². The minimum absolute atomic E-state index is 0.291. The van der Waals surface area contributed by atoms with Crippen molar-refractivity contribution >= 4 is 35.1 Å². The standard InChI is InChI=1S/C27H28N2O5/c1-17(28-25(31)20-10-4-5-11-21(20)26(28)32)27(33)34-16-24(30)29-22-12-6-2-8-18(22)14-15-19-9-3-7-13-23(19)29/h2-3,6-9,12-13,17,20-21H,4-5,10-11,14-16H2,1H3. The molecule has 3 amide bonds. The molecule has 1 saturated heterocycles. The Morgan fingerprint density at radius 1 is 0.882 bits per heavy atom. The van der Waals surface area contributed by atoms with Crippen LogP contribution in [0.5, 0.6) is 0 Å². The lowest BCUT2D eigenvalue weighted by atomic mass is 9.81. The molecular weight excluding hydrogens is 432 g/mol. The number of hydrogen-bond acceptors (Lipinski definition) is 5. The highest BCUT2D eigenvalue weighted by molar-refractivity contribution is 6.08. The Morgan fingerprint density at radius 2 is 1.38 bits per heavy atom. The van der Waals surface area contributed by atoms with Gasteiger partial charge in [-0.3, -0.25) is 24.2 Å². The third-order valence-corrected chi connectivity index (χ3v) is 7.32. The number of hydrogen-bond donors (Lipinski definition) is 0. The zero-order valence-corrected chi connectivity index (χ0v) is 19.2. The Kier molecular flexibility index (Phi) is 5.94. The smallest absolute Gasteiger partial charge is 0.329 e. The minimum atomic E-state index is -1.05. The minimum Gasteiger partial charge on any atom is -0.454 e. The lowest BCUT2D eigenvalue weighted by Gasteiger charge is -2.26. The fraction of sp³-hybridized carbons (Fsp3) is 0.407. The second-order valence-corrected chi connectivity index (χ2v) is 9.31. The van der Waals surface area contributed by atoms with E-state index >= 15 is 0 Å². The van der Waals surface area contributed by atoms with Gasteiger partial charge in [0.05, 0.1) is 23.2 Å². The van der Waals surface area contributed by atoms with E-state index < -0.39 is 18.6 Å². The van der Waals surface area contributed by atoms with Gasteiger partial charge in [-0.2, -0.15) is 0 Å². The predicted octanol–water partition coefficient (Wildman–Crippen LogP) is 3.56. The molecule has 2 aromatic carbocycles. The number of para-hydroxylation sites is 2. The summed E-state index contributed by atoms with van der Waals surface area (Å²) in [5.74, 6) is -2.37. The molecule has 2 fully saturated rings. The summed E-state index contributed by atoms with van der Waals surface area (Å²) in [4.78, 5) is 54.5. The predicted molar refractivity (Wildman–Crippen MR) is 125 cm³/mol. The van der Waals surface area contributed by atoms with Crippen LogP contribution in [0.15, 0.2) is 48.5 Å². The Morgan fingerprint density at radius 3 is 1.91 bits per heavy atom. The van der Waals surface area contributed by atoms with Gasteiger partial charge in [-0.25, -0.2) is 4.79 Å². The monoisotopic (exact) mass is 460 g/mol. The van der Waals surface area contributed by atoms with Crippen molar-refractivity contribution in [3.8, 4) is 0 Å². The normalized spacial score (nSPS) is 22.4. The number of rotatable bonds is 4. The van der Waals surface area contributed by atoms with E-state index in [9.17, 15) is 19.2 Å². The summed E-state index contributed by atoms with van der Waals surface area (Å²) in [6.45, 7) is 1.02. The van der Waals surface area contributed by atoms with Gasteiger partial charge in [-0.15, -0.1) is 0 Å². The molecule has 2 aromatic rings. The number of nitrogens with zero attached hydrogens (tertiary/aromatic N) is 2. The number of aryl methyl sites for hydroxylation is 2. The topological polar surface area (TPSA) is 84.0 Å². The zero-order valence-electron chi connectivity index (χ0n) is 19.2. The van der Waals surface area contributed by atoms with E-state index in [4.69, 9.17) is 4.74 Å². The maximum Gasteiger partial charge on any atom is 0.329 e. The van der Waals surface area contributed by atoms with Gasteiger partial charge < -0.3 is 4.74 Å². The summed E-state index contributed by atoms with van der Waals surface area (Å²) in [5, 5.41) is 0. The van der Waals surface area contributed by atoms with Crippen molar-refractivity contribution in [3.05, 3.63) is 59.7 Å². The molecule has 0 N–H and O–H groups in total. The van der Waals surface area contributed by atoms with E-state index in [0.29, 0.717) is 12.8 Å². The number of anilines is 2. The molecular formula is C27H28N2O5. The largest absolute Gasteiger partial charge is 0.454 e. The second kappa shape index (κ2) is 9.05. The Hall–Kier alpha value is -3.48. The molecule has 1 aliphatic carbocycles. The van der Waals surface area contributed by atoms with Crippen molar-refractivity contribution < 1.29 is 23.9 Å². The van der Waals surface area contributed by atoms with Gasteiger partial charge in [0, 0.05) is 0 Å². The molecule has 0 radical (unpaired) electrons. The first-order valence-corrected chi connectivity index (χ1v) is 12.0. The highest BCUT2D eigenvalue weighted by Gasteiger charge is 2.51. The first kappa shape index (κ1) is 22.3. The van der Waals surface area contributed by atoms with Crippen LogP contribution in [0.3, 0.4) is 0 Å². The van der Waals surface area contributed by atoms with Crippen LogP contribution in [0.2, 0.25) is 0 Å². The molecule has 176 valence electrons. The third-order valence-electron chi connectivity index (χ3n) is 7.32. The van der Waals surface area contributed by atoms with Crippen molar-refractivity contribution in [2.24, 2.45) is 11.8 Å². The molecule has 7 heteroatoms. The van der Waals surface area contributed by atoms with Gasteiger partial charge in [0.2, 0.25) is 11.8 Å². The van der Waals surface area contributed by atoms with Crippen LogP contribution in [-0.4, -0.2) is 41.2 Å². The Bertz CT molecular complexity index is 1090. The zero-order chi connectivity index (χ0) is 23.8. The number of amides is 3. The molecule has 0 spiro atoms. The SMILES string of the molecule is CC(C(=O)OCC(=O)N1c2ccccc2CCc2ccccc21)N1C(=O)C2CCCCC2C1=O. The van der Waals surface area contributed by atoms with Crippen molar-refractivity contribution in [2.75, 3.05) is 11.5 Å². The van der Waals surface area contributed by atoms with Crippen LogP contribution in [0, 0.1) is 11.8 Å². The number of fused-ring (bicyclic) bond motifs is 3. The van der Waals surface area contributed by atoms with Crippen LogP contribution in [0.1, 0.15) is 43.7 Å². The van der Waals surface area contributed by atoms with Gasteiger partial charge >= 0.3 is 5.97 Å². The maximum absolute atomic E-state index is 13.4. The summed E-state index contributed by atoms with van der Waals surface area (Å²) in [6.07, 6.45) is 4.80. The third kappa shape index (κ3) is 3.79. The fourth-order valence-corrected chi connectivity index (χ4v) is 5.54. The van der Waals surface area contributed by atoms with Gasteiger partial charge in [-0.1, -0.05) is 49.2 Å². The fourth-order valence-electron chi connectivity index (χ4n) is 5.54. The van der Waals surface area contributed by atoms with E-state index in [1.807, 2.05) is 48.5 Å². The summed E-state index contributed by atoms with van der Waals surface area (Å²) < 4.78 is 5.38. The summed E-state index contributed by atoms with van der Waals surface area (Å²) >= 11 is 0. The highest BCUT2D eigenvalue weighted by Crippen LogP contribution is 2.39. The first-order valence-electron chi connectivity index (χ1n) is 12.0. The van der Waals surface area contributed by atoms with Gasteiger partial charge in [0.1, 0.15) is 6.04 Å². The van der Waals surface area contributed by atoms with Crippen molar-refractivity contribution in [2.45, 2.75) is 51.5 Å². The molecule has 0 aromatic heterocycles. The van der Waals surface area contributed by atoms with Gasteiger partial charge in [0.25, 0.3) is 5.91 Å². The molecule has 5 rings (SSSR count). The molecule has 2 heterocycles. The highest BCUT2D eigenvalue weighted by atomic mass is 16.5. The van der Waals surface area contributed by atoms with Crippen molar-refractivity contribution in [1.82, 2.24) is 4.90 Å². The first-order chi connectivity index (χ1) is 16.5. The molecule has 3 atom stereocenters. The number of esters is 1. The van der Waals surface area contributed by atoms with E-state index in [-0.39, 0.29) is 29.6 Å². The molecule has 1 saturated carbocycles. The van der Waals surface area contributed by atoms with Crippen LogP contribution in [-0.2, 0) is 36.8 Å². The van der Waals surface area contributed by atoms with E-state index in [1.54, 1.807) is 4.90 Å². The molecule has 7 nitrogen and oxygen atoms in total. The molecule has 0 bridgehead atoms. The van der Waals surface area contributed by atoms with Crippen LogP contribution in [0.4, 0.5) is 11.4 Å². The summed E-state index contributed by atoms with van der Waals surface area (Å²) in [5.41, 5.74) is 3.64. The number of carbonyl (C=O) groups is 4. The molecule has 3 unspecified atom stereocenters. The number of ether oxygens (including phenoxy) is 1.